The minimum absolute atomic E-state index is 0.222. The molecule has 1 nitrogen and oxygen atoms in total. The largest absolute Gasteiger partial charge is 0.300 e. The number of hydrogen-bond acceptors (Lipinski definition) is 1. The Hall–Kier alpha value is -0.330. The van der Waals surface area contributed by atoms with Crippen molar-refractivity contribution >= 4 is 5.78 Å². The van der Waals surface area contributed by atoms with Gasteiger partial charge in [-0.3, -0.25) is 4.79 Å². The first-order valence-electron chi connectivity index (χ1n) is 3.83. The zero-order chi connectivity index (χ0) is 8.36. The number of Topliss-reactive ketones (excluding diaryl/α,β-unsaturated/α-hetero) is 1. The Bertz CT molecular complexity index is 119. The van der Waals surface area contributed by atoms with E-state index in [1.54, 1.807) is 6.92 Å². The zero-order valence-corrected chi connectivity index (χ0v) is 7.69. The molecule has 0 aromatic carbocycles. The van der Waals surface area contributed by atoms with E-state index < -0.39 is 0 Å². The molecule has 1 atom stereocenters. The molecule has 0 saturated heterocycles. The molecule has 0 N–H and O–H groups in total. The molecular formula is C9H18O. The standard InChI is InChI=1S/C9H18O/c1-7(8(2)10)6-9(3,4)5/h7H,6H2,1-5H3/t7-/m1/s1. The molecule has 0 bridgehead atoms. The van der Waals surface area contributed by atoms with Gasteiger partial charge in [-0.2, -0.15) is 0 Å². The van der Waals surface area contributed by atoms with Gasteiger partial charge in [-0.15, -0.1) is 0 Å². The van der Waals surface area contributed by atoms with Crippen molar-refractivity contribution in [1.29, 1.82) is 0 Å². The lowest BCUT2D eigenvalue weighted by Crippen LogP contribution is -2.16. The number of carbonyl (C=O) groups is 1. The number of carbonyl (C=O) groups excluding carboxylic acids is 1. The molecule has 0 aliphatic rings. The number of rotatable bonds is 2. The van der Waals surface area contributed by atoms with Crippen molar-refractivity contribution in [3.05, 3.63) is 0 Å². The lowest BCUT2D eigenvalue weighted by molar-refractivity contribution is -0.121. The van der Waals surface area contributed by atoms with Crippen LogP contribution in [0.2, 0.25) is 0 Å². The van der Waals surface area contributed by atoms with Gasteiger partial charge in [0.2, 0.25) is 0 Å². The van der Waals surface area contributed by atoms with E-state index in [0.717, 1.165) is 6.42 Å². The minimum atomic E-state index is 0.222. The van der Waals surface area contributed by atoms with Crippen LogP contribution in [-0.4, -0.2) is 5.78 Å². The molecular weight excluding hydrogens is 124 g/mol. The Morgan fingerprint density at radius 2 is 1.80 bits per heavy atom. The van der Waals surface area contributed by atoms with Gasteiger partial charge < -0.3 is 0 Å². The third-order valence-corrected chi connectivity index (χ3v) is 1.61. The molecule has 0 amide bonds. The van der Waals surface area contributed by atoms with Gasteiger partial charge in [0.25, 0.3) is 0 Å². The fourth-order valence-corrected chi connectivity index (χ4v) is 1.06. The lowest BCUT2D eigenvalue weighted by Gasteiger charge is -2.21. The Kier molecular flexibility index (Phi) is 3.07. The van der Waals surface area contributed by atoms with E-state index in [9.17, 15) is 4.79 Å². The molecule has 0 heterocycles. The number of ketones is 1. The third-order valence-electron chi connectivity index (χ3n) is 1.61. The Morgan fingerprint density at radius 1 is 1.40 bits per heavy atom. The van der Waals surface area contributed by atoms with Crippen LogP contribution in [0.25, 0.3) is 0 Å². The van der Waals surface area contributed by atoms with E-state index in [1.165, 1.54) is 0 Å². The molecule has 0 aromatic heterocycles. The van der Waals surface area contributed by atoms with Crippen LogP contribution in [-0.2, 0) is 4.79 Å². The molecule has 60 valence electrons. The maximum Gasteiger partial charge on any atom is 0.132 e. The van der Waals surface area contributed by atoms with Crippen LogP contribution in [0.4, 0.5) is 0 Å². The fraction of sp³-hybridized carbons (Fsp3) is 0.889. The highest BCUT2D eigenvalue weighted by Gasteiger charge is 2.17. The second-order valence-electron chi connectivity index (χ2n) is 4.28. The molecule has 0 aromatic rings. The predicted octanol–water partition coefficient (Wildman–Crippen LogP) is 2.65. The Labute approximate surface area is 63.8 Å². The van der Waals surface area contributed by atoms with Gasteiger partial charge in [-0.05, 0) is 18.8 Å². The predicted molar refractivity (Wildman–Crippen MR) is 43.9 cm³/mol. The van der Waals surface area contributed by atoms with Crippen molar-refractivity contribution in [2.45, 2.75) is 41.0 Å². The molecule has 0 saturated carbocycles. The van der Waals surface area contributed by atoms with Crippen LogP contribution >= 0.6 is 0 Å². The summed E-state index contributed by atoms with van der Waals surface area (Å²) in [4.78, 5) is 10.8. The van der Waals surface area contributed by atoms with Crippen LogP contribution in [0.3, 0.4) is 0 Å². The minimum Gasteiger partial charge on any atom is -0.300 e. The molecule has 0 aliphatic heterocycles. The summed E-state index contributed by atoms with van der Waals surface area (Å²) in [5.74, 6) is 0.523. The average Bonchev–Trinajstić information content (AvgIpc) is 1.60. The van der Waals surface area contributed by atoms with Crippen molar-refractivity contribution in [1.82, 2.24) is 0 Å². The summed E-state index contributed by atoms with van der Waals surface area (Å²) in [6, 6.07) is 0. The Balaban J connectivity index is 3.80. The molecule has 0 unspecified atom stereocenters. The maximum absolute atomic E-state index is 10.8. The molecule has 10 heavy (non-hydrogen) atoms. The molecule has 0 fully saturated rings. The lowest BCUT2D eigenvalue weighted by atomic mass is 9.84. The van der Waals surface area contributed by atoms with Crippen molar-refractivity contribution in [2.75, 3.05) is 0 Å². The van der Waals surface area contributed by atoms with E-state index in [-0.39, 0.29) is 11.3 Å². The summed E-state index contributed by atoms with van der Waals surface area (Å²) in [5, 5.41) is 0. The van der Waals surface area contributed by atoms with Gasteiger partial charge >= 0.3 is 0 Å². The van der Waals surface area contributed by atoms with E-state index >= 15 is 0 Å². The summed E-state index contributed by atoms with van der Waals surface area (Å²) in [6.07, 6.45) is 0.988. The van der Waals surface area contributed by atoms with Crippen molar-refractivity contribution in [3.8, 4) is 0 Å². The highest BCUT2D eigenvalue weighted by molar-refractivity contribution is 5.77. The monoisotopic (exact) mass is 142 g/mol. The Morgan fingerprint density at radius 3 is 1.90 bits per heavy atom. The fourth-order valence-electron chi connectivity index (χ4n) is 1.06. The summed E-state index contributed by atoms with van der Waals surface area (Å²) in [5.41, 5.74) is 0.283. The first-order chi connectivity index (χ1) is 4.33. The van der Waals surface area contributed by atoms with Crippen LogP contribution < -0.4 is 0 Å². The number of hydrogen-bond donors (Lipinski definition) is 0. The molecule has 0 aliphatic carbocycles. The molecule has 1 heteroatoms. The molecule has 0 spiro atoms. The summed E-state index contributed by atoms with van der Waals surface area (Å²) < 4.78 is 0. The van der Waals surface area contributed by atoms with Gasteiger partial charge in [0, 0.05) is 5.92 Å². The van der Waals surface area contributed by atoms with Crippen LogP contribution in [0.5, 0.6) is 0 Å². The van der Waals surface area contributed by atoms with E-state index in [0.29, 0.717) is 5.78 Å². The summed E-state index contributed by atoms with van der Waals surface area (Å²) in [6.45, 7) is 10.1. The van der Waals surface area contributed by atoms with Gasteiger partial charge in [0.15, 0.2) is 0 Å². The highest BCUT2D eigenvalue weighted by Crippen LogP contribution is 2.24. The van der Waals surface area contributed by atoms with E-state index in [1.807, 2.05) is 6.92 Å². The SMILES string of the molecule is CC(=O)[C@H](C)CC(C)(C)C. The highest BCUT2D eigenvalue weighted by atomic mass is 16.1. The molecule has 0 rings (SSSR count). The van der Waals surface area contributed by atoms with Crippen molar-refractivity contribution in [3.63, 3.8) is 0 Å². The first kappa shape index (κ1) is 9.67. The van der Waals surface area contributed by atoms with Gasteiger partial charge in [0.05, 0.1) is 0 Å². The van der Waals surface area contributed by atoms with E-state index in [4.69, 9.17) is 0 Å². The summed E-state index contributed by atoms with van der Waals surface area (Å²) >= 11 is 0. The van der Waals surface area contributed by atoms with Crippen LogP contribution in [0.15, 0.2) is 0 Å². The van der Waals surface area contributed by atoms with Crippen LogP contribution in [0, 0.1) is 11.3 Å². The maximum atomic E-state index is 10.8. The third kappa shape index (κ3) is 4.54. The molecule has 0 radical (unpaired) electrons. The van der Waals surface area contributed by atoms with E-state index in [2.05, 4.69) is 20.8 Å². The normalized spacial score (nSPS) is 14.9. The second kappa shape index (κ2) is 3.18. The zero-order valence-electron chi connectivity index (χ0n) is 7.69. The van der Waals surface area contributed by atoms with Gasteiger partial charge in [0.1, 0.15) is 5.78 Å². The van der Waals surface area contributed by atoms with Crippen molar-refractivity contribution < 1.29 is 4.79 Å². The summed E-state index contributed by atoms with van der Waals surface area (Å²) in [7, 11) is 0. The first-order valence-corrected chi connectivity index (χ1v) is 3.83. The average molecular weight is 142 g/mol. The van der Waals surface area contributed by atoms with Gasteiger partial charge in [-0.25, -0.2) is 0 Å². The smallest absolute Gasteiger partial charge is 0.132 e. The second-order valence-corrected chi connectivity index (χ2v) is 4.28. The van der Waals surface area contributed by atoms with Crippen molar-refractivity contribution in [2.24, 2.45) is 11.3 Å². The van der Waals surface area contributed by atoms with Crippen LogP contribution in [0.1, 0.15) is 41.0 Å². The topological polar surface area (TPSA) is 17.1 Å². The quantitative estimate of drug-likeness (QED) is 0.579. The van der Waals surface area contributed by atoms with Gasteiger partial charge in [-0.1, -0.05) is 27.7 Å².